The van der Waals surface area contributed by atoms with E-state index in [0.717, 1.165) is 11.8 Å². The summed E-state index contributed by atoms with van der Waals surface area (Å²) in [7, 11) is 0. The van der Waals surface area contributed by atoms with Crippen molar-refractivity contribution < 1.29 is 0 Å². The Morgan fingerprint density at radius 2 is 2.00 bits per heavy atom. The molecule has 2 unspecified atom stereocenters. The number of nitrogens with one attached hydrogen (secondary N) is 1. The predicted octanol–water partition coefficient (Wildman–Crippen LogP) is 1.96. The summed E-state index contributed by atoms with van der Waals surface area (Å²) in [5, 5.41) is 3.57. The predicted molar refractivity (Wildman–Crippen MR) is 62.5 cm³/mol. The first kappa shape index (κ1) is 12.0. The Balaban J connectivity index is 2.33. The molecule has 1 aliphatic rings. The topological polar surface area (TPSA) is 15.3 Å². The average Bonchev–Trinajstić information content (AvgIpc) is 2.25. The summed E-state index contributed by atoms with van der Waals surface area (Å²) in [5.74, 6) is 1.63. The van der Waals surface area contributed by atoms with Crippen molar-refractivity contribution in [3.8, 4) is 0 Å². The minimum Gasteiger partial charge on any atom is -0.313 e. The highest BCUT2D eigenvalue weighted by atomic mass is 15.2. The Kier molecular flexibility index (Phi) is 4.90. The van der Waals surface area contributed by atoms with Crippen LogP contribution in [0.25, 0.3) is 0 Å². The van der Waals surface area contributed by atoms with Gasteiger partial charge in [-0.1, -0.05) is 20.8 Å². The molecule has 1 heterocycles. The number of rotatable bonds is 3. The van der Waals surface area contributed by atoms with E-state index >= 15 is 0 Å². The van der Waals surface area contributed by atoms with E-state index in [4.69, 9.17) is 0 Å². The molecule has 0 amide bonds. The highest BCUT2D eigenvalue weighted by Crippen LogP contribution is 2.09. The van der Waals surface area contributed by atoms with Crippen molar-refractivity contribution in [2.24, 2.45) is 11.8 Å². The second-order valence-electron chi connectivity index (χ2n) is 5.36. The van der Waals surface area contributed by atoms with Gasteiger partial charge in [-0.2, -0.15) is 0 Å². The SMILES string of the molecule is CC(C)CCN1CC(C)CNC(C)C1. The smallest absolute Gasteiger partial charge is 0.0166 e. The lowest BCUT2D eigenvalue weighted by molar-refractivity contribution is 0.238. The van der Waals surface area contributed by atoms with Crippen molar-refractivity contribution in [3.63, 3.8) is 0 Å². The van der Waals surface area contributed by atoms with Crippen molar-refractivity contribution in [3.05, 3.63) is 0 Å². The number of hydrogen-bond acceptors (Lipinski definition) is 2. The fourth-order valence-electron chi connectivity index (χ4n) is 2.06. The molecule has 2 nitrogen and oxygen atoms in total. The highest BCUT2D eigenvalue weighted by Gasteiger charge is 2.18. The van der Waals surface area contributed by atoms with Gasteiger partial charge in [-0.05, 0) is 38.3 Å². The maximum absolute atomic E-state index is 3.57. The lowest BCUT2D eigenvalue weighted by Crippen LogP contribution is -2.36. The Hall–Kier alpha value is -0.0800. The van der Waals surface area contributed by atoms with Gasteiger partial charge >= 0.3 is 0 Å². The van der Waals surface area contributed by atoms with Crippen LogP contribution in [0.5, 0.6) is 0 Å². The summed E-state index contributed by atoms with van der Waals surface area (Å²) in [5.41, 5.74) is 0. The zero-order valence-corrected chi connectivity index (χ0v) is 10.2. The summed E-state index contributed by atoms with van der Waals surface area (Å²) in [4.78, 5) is 2.62. The van der Waals surface area contributed by atoms with E-state index in [2.05, 4.69) is 37.9 Å². The van der Waals surface area contributed by atoms with Gasteiger partial charge in [0.05, 0.1) is 0 Å². The largest absolute Gasteiger partial charge is 0.313 e. The van der Waals surface area contributed by atoms with E-state index in [1.165, 1.54) is 32.6 Å². The van der Waals surface area contributed by atoms with E-state index in [-0.39, 0.29) is 0 Å². The summed E-state index contributed by atoms with van der Waals surface area (Å²) in [6.45, 7) is 14.2. The molecule has 2 atom stereocenters. The molecule has 1 rings (SSSR count). The van der Waals surface area contributed by atoms with Crippen LogP contribution >= 0.6 is 0 Å². The molecular weight excluding hydrogens is 172 g/mol. The molecule has 0 spiro atoms. The first-order chi connectivity index (χ1) is 6.58. The number of nitrogens with zero attached hydrogens (tertiary/aromatic N) is 1. The molecule has 84 valence electrons. The van der Waals surface area contributed by atoms with Crippen molar-refractivity contribution in [2.75, 3.05) is 26.2 Å². The Labute approximate surface area is 89.1 Å². The third-order valence-corrected chi connectivity index (χ3v) is 2.94. The quantitative estimate of drug-likeness (QED) is 0.746. The van der Waals surface area contributed by atoms with Gasteiger partial charge in [0.15, 0.2) is 0 Å². The number of hydrogen-bond donors (Lipinski definition) is 1. The van der Waals surface area contributed by atoms with Crippen molar-refractivity contribution >= 4 is 0 Å². The summed E-state index contributed by atoms with van der Waals surface area (Å²) in [6.07, 6.45) is 1.33. The van der Waals surface area contributed by atoms with Crippen LogP contribution in [0, 0.1) is 11.8 Å². The standard InChI is InChI=1S/C12H26N2/c1-10(2)5-6-14-8-11(3)7-13-12(4)9-14/h10-13H,5-9H2,1-4H3. The minimum absolute atomic E-state index is 0.659. The molecule has 1 aliphatic heterocycles. The average molecular weight is 198 g/mol. The molecular formula is C12H26N2. The summed E-state index contributed by atoms with van der Waals surface area (Å²) in [6, 6.07) is 0.659. The van der Waals surface area contributed by atoms with Gasteiger partial charge in [-0.3, -0.25) is 0 Å². The van der Waals surface area contributed by atoms with Gasteiger partial charge < -0.3 is 10.2 Å². The monoisotopic (exact) mass is 198 g/mol. The van der Waals surface area contributed by atoms with E-state index in [0.29, 0.717) is 6.04 Å². The van der Waals surface area contributed by atoms with Gasteiger partial charge in [0.2, 0.25) is 0 Å². The zero-order chi connectivity index (χ0) is 10.6. The van der Waals surface area contributed by atoms with Crippen LogP contribution in [0.2, 0.25) is 0 Å². The molecule has 0 saturated carbocycles. The van der Waals surface area contributed by atoms with Gasteiger partial charge in [0, 0.05) is 19.1 Å². The van der Waals surface area contributed by atoms with E-state index in [9.17, 15) is 0 Å². The van der Waals surface area contributed by atoms with Gasteiger partial charge in [0.25, 0.3) is 0 Å². The van der Waals surface area contributed by atoms with Crippen LogP contribution in [0.4, 0.5) is 0 Å². The molecule has 1 fully saturated rings. The Morgan fingerprint density at radius 1 is 1.29 bits per heavy atom. The normalized spacial score (nSPS) is 30.6. The Bertz CT molecular complexity index is 144. The molecule has 0 bridgehead atoms. The molecule has 0 radical (unpaired) electrons. The van der Waals surface area contributed by atoms with Gasteiger partial charge in [0.1, 0.15) is 0 Å². The first-order valence-corrected chi connectivity index (χ1v) is 6.03. The second-order valence-corrected chi connectivity index (χ2v) is 5.36. The van der Waals surface area contributed by atoms with Gasteiger partial charge in [-0.15, -0.1) is 0 Å². The Morgan fingerprint density at radius 3 is 2.64 bits per heavy atom. The van der Waals surface area contributed by atoms with Crippen LogP contribution in [-0.4, -0.2) is 37.1 Å². The summed E-state index contributed by atoms with van der Waals surface area (Å²) < 4.78 is 0. The molecule has 1 N–H and O–H groups in total. The van der Waals surface area contributed by atoms with E-state index < -0.39 is 0 Å². The van der Waals surface area contributed by atoms with Crippen LogP contribution in [0.1, 0.15) is 34.1 Å². The molecule has 0 aromatic rings. The molecule has 1 saturated heterocycles. The van der Waals surface area contributed by atoms with E-state index in [1.54, 1.807) is 0 Å². The molecule has 0 aliphatic carbocycles. The molecule has 0 aromatic carbocycles. The lowest BCUT2D eigenvalue weighted by Gasteiger charge is -2.24. The van der Waals surface area contributed by atoms with Crippen molar-refractivity contribution in [2.45, 2.75) is 40.2 Å². The first-order valence-electron chi connectivity index (χ1n) is 6.03. The fourth-order valence-corrected chi connectivity index (χ4v) is 2.06. The van der Waals surface area contributed by atoms with Crippen LogP contribution in [0.3, 0.4) is 0 Å². The third-order valence-electron chi connectivity index (χ3n) is 2.94. The van der Waals surface area contributed by atoms with E-state index in [1.807, 2.05) is 0 Å². The third kappa shape index (κ3) is 4.43. The lowest BCUT2D eigenvalue weighted by atomic mass is 10.1. The molecule has 14 heavy (non-hydrogen) atoms. The van der Waals surface area contributed by atoms with Crippen LogP contribution in [-0.2, 0) is 0 Å². The zero-order valence-electron chi connectivity index (χ0n) is 10.2. The molecule has 2 heteroatoms. The molecule has 0 aromatic heterocycles. The minimum atomic E-state index is 0.659. The van der Waals surface area contributed by atoms with Crippen LogP contribution < -0.4 is 5.32 Å². The summed E-state index contributed by atoms with van der Waals surface area (Å²) >= 11 is 0. The van der Waals surface area contributed by atoms with Gasteiger partial charge in [-0.25, -0.2) is 0 Å². The fraction of sp³-hybridized carbons (Fsp3) is 1.00. The van der Waals surface area contributed by atoms with Crippen molar-refractivity contribution in [1.29, 1.82) is 0 Å². The van der Waals surface area contributed by atoms with Crippen LogP contribution in [0.15, 0.2) is 0 Å². The maximum Gasteiger partial charge on any atom is 0.0166 e. The van der Waals surface area contributed by atoms with Crippen molar-refractivity contribution in [1.82, 2.24) is 10.2 Å². The maximum atomic E-state index is 3.57. The second kappa shape index (κ2) is 5.72. The highest BCUT2D eigenvalue weighted by molar-refractivity contribution is 4.76.